The molecule has 3 saturated carbocycles. The third-order valence-electron chi connectivity index (χ3n) is 8.97. The van der Waals surface area contributed by atoms with Gasteiger partial charge in [-0.1, -0.05) is 19.9 Å². The van der Waals surface area contributed by atoms with Gasteiger partial charge in [-0.15, -0.1) is 11.3 Å². The Hall–Kier alpha value is -1.29. The molecule has 0 unspecified atom stereocenters. The van der Waals surface area contributed by atoms with Gasteiger partial charge in [0.25, 0.3) is 0 Å². The number of anilines is 1. The molecule has 3 nitrogen and oxygen atoms in total. The van der Waals surface area contributed by atoms with Crippen molar-refractivity contribution in [1.29, 1.82) is 0 Å². The summed E-state index contributed by atoms with van der Waals surface area (Å²) in [4.78, 5) is 14.2. The number of amides is 1. The van der Waals surface area contributed by atoms with Gasteiger partial charge in [-0.3, -0.25) is 4.79 Å². The van der Waals surface area contributed by atoms with Gasteiger partial charge in [0.2, 0.25) is 5.91 Å². The monoisotopic (exact) mass is 384 g/mol. The van der Waals surface area contributed by atoms with Crippen molar-refractivity contribution in [2.45, 2.75) is 64.5 Å². The van der Waals surface area contributed by atoms with Crippen molar-refractivity contribution in [2.75, 3.05) is 12.4 Å². The van der Waals surface area contributed by atoms with Crippen molar-refractivity contribution in [1.82, 2.24) is 4.90 Å². The number of carbonyl (C=O) groups excluding carboxylic acids is 1. The lowest BCUT2D eigenvalue weighted by molar-refractivity contribution is -0.138. The third-order valence-corrected chi connectivity index (χ3v) is 9.77. The van der Waals surface area contributed by atoms with Crippen LogP contribution < -0.4 is 5.32 Å². The molecule has 1 aromatic heterocycles. The first kappa shape index (κ1) is 17.8. The highest BCUT2D eigenvalue weighted by Crippen LogP contribution is 2.64. The number of fused-ring (bicyclic) bond motifs is 5. The predicted octanol–water partition coefficient (Wildman–Crippen LogP) is 5.17. The lowest BCUT2D eigenvalue weighted by Gasteiger charge is -2.60. The second-order valence-electron chi connectivity index (χ2n) is 9.91. The standard InChI is InChI=1S/C23H32N2OS/c1-22-12-10-17-15(6-9-19-23(17,2)13-11-21(26)25(19)3)16(22)7-8-18(22)24-20-5-4-14-27-20/h4-5,11,13-19,24H,6-10,12H2,1-3H3/t15-,16-,17-,18-,19+,22-,23+/m0/s1. The van der Waals surface area contributed by atoms with E-state index in [1.165, 1.54) is 43.5 Å². The molecular formula is C23H32N2OS. The second kappa shape index (κ2) is 6.10. The van der Waals surface area contributed by atoms with Gasteiger partial charge < -0.3 is 10.2 Å². The zero-order valence-electron chi connectivity index (χ0n) is 16.8. The molecule has 3 fully saturated rings. The maximum atomic E-state index is 12.2. The van der Waals surface area contributed by atoms with Crippen LogP contribution in [-0.2, 0) is 4.79 Å². The van der Waals surface area contributed by atoms with Crippen LogP contribution in [0.4, 0.5) is 5.00 Å². The summed E-state index contributed by atoms with van der Waals surface area (Å²) in [6.45, 7) is 5.00. The zero-order chi connectivity index (χ0) is 18.8. The summed E-state index contributed by atoms with van der Waals surface area (Å²) in [5.41, 5.74) is 0.570. The van der Waals surface area contributed by atoms with Gasteiger partial charge in [-0.2, -0.15) is 0 Å². The smallest absolute Gasteiger partial charge is 0.246 e. The Morgan fingerprint density at radius 2 is 2.00 bits per heavy atom. The minimum Gasteiger partial charge on any atom is -0.374 e. The predicted molar refractivity (Wildman–Crippen MR) is 112 cm³/mol. The highest BCUT2D eigenvalue weighted by Gasteiger charge is 2.60. The van der Waals surface area contributed by atoms with Gasteiger partial charge in [-0.25, -0.2) is 0 Å². The third kappa shape index (κ3) is 2.48. The molecule has 1 N–H and O–H groups in total. The van der Waals surface area contributed by atoms with Crippen LogP contribution in [0.25, 0.3) is 0 Å². The van der Waals surface area contributed by atoms with E-state index < -0.39 is 0 Å². The summed E-state index contributed by atoms with van der Waals surface area (Å²) >= 11 is 1.83. The molecule has 7 atom stereocenters. The van der Waals surface area contributed by atoms with Gasteiger partial charge in [0, 0.05) is 24.5 Å². The fourth-order valence-corrected chi connectivity index (χ4v) is 8.18. The molecule has 1 aliphatic heterocycles. The van der Waals surface area contributed by atoms with Gasteiger partial charge in [0.05, 0.1) is 5.00 Å². The molecule has 146 valence electrons. The number of nitrogens with one attached hydrogen (secondary N) is 1. The molecule has 0 radical (unpaired) electrons. The normalized spacial score (nSPS) is 46.0. The SMILES string of the molecule is CN1C(=O)C=C[C@]2(C)[C@H]3CC[C@]4(C)[C@@H](Nc5cccs5)CC[C@H]4[C@@H]3CC[C@@H]12. The Labute approximate surface area is 167 Å². The average molecular weight is 385 g/mol. The summed E-state index contributed by atoms with van der Waals surface area (Å²) in [5, 5.41) is 7.39. The summed E-state index contributed by atoms with van der Waals surface area (Å²) in [7, 11) is 2.01. The van der Waals surface area contributed by atoms with Crippen molar-refractivity contribution < 1.29 is 4.79 Å². The molecule has 3 aliphatic carbocycles. The van der Waals surface area contributed by atoms with Crippen molar-refractivity contribution in [3.05, 3.63) is 29.7 Å². The summed E-state index contributed by atoms with van der Waals surface area (Å²) in [6.07, 6.45) is 11.9. The number of nitrogens with zero attached hydrogens (tertiary/aromatic N) is 1. The van der Waals surface area contributed by atoms with Crippen LogP contribution >= 0.6 is 11.3 Å². The van der Waals surface area contributed by atoms with Gasteiger partial charge in [0.15, 0.2) is 0 Å². The highest BCUT2D eigenvalue weighted by molar-refractivity contribution is 7.14. The molecule has 0 bridgehead atoms. The van der Waals surface area contributed by atoms with E-state index in [9.17, 15) is 4.79 Å². The number of rotatable bonds is 2. The number of thiophene rings is 1. The fraction of sp³-hybridized carbons (Fsp3) is 0.696. The lowest BCUT2D eigenvalue weighted by Crippen LogP contribution is -2.60. The van der Waals surface area contributed by atoms with Crippen LogP contribution in [0, 0.1) is 28.6 Å². The van der Waals surface area contributed by atoms with Gasteiger partial charge in [0.1, 0.15) is 0 Å². The van der Waals surface area contributed by atoms with Crippen LogP contribution in [0.5, 0.6) is 0 Å². The molecule has 1 aromatic rings. The highest BCUT2D eigenvalue weighted by atomic mass is 32.1. The summed E-state index contributed by atoms with van der Waals surface area (Å²) < 4.78 is 0. The van der Waals surface area contributed by atoms with Crippen LogP contribution in [-0.4, -0.2) is 29.9 Å². The molecular weight excluding hydrogens is 352 g/mol. The lowest BCUT2D eigenvalue weighted by atomic mass is 9.48. The topological polar surface area (TPSA) is 32.3 Å². The second-order valence-corrected chi connectivity index (χ2v) is 10.9. The van der Waals surface area contributed by atoms with E-state index in [-0.39, 0.29) is 11.3 Å². The van der Waals surface area contributed by atoms with Gasteiger partial charge in [-0.05, 0) is 85.3 Å². The number of likely N-dealkylation sites (N-methyl/N-ethyl adjacent to an activating group) is 1. The van der Waals surface area contributed by atoms with E-state index in [1.54, 1.807) is 0 Å². The quantitative estimate of drug-likeness (QED) is 0.763. The first-order valence-electron chi connectivity index (χ1n) is 10.7. The Morgan fingerprint density at radius 1 is 1.15 bits per heavy atom. The first-order chi connectivity index (χ1) is 12.9. The summed E-state index contributed by atoms with van der Waals surface area (Å²) in [5.74, 6) is 2.55. The fourth-order valence-electron chi connectivity index (χ4n) is 7.51. The largest absolute Gasteiger partial charge is 0.374 e. The number of carbonyl (C=O) groups is 1. The van der Waals surface area contributed by atoms with Crippen molar-refractivity contribution in [3.8, 4) is 0 Å². The minimum absolute atomic E-state index is 0.159. The molecule has 27 heavy (non-hydrogen) atoms. The van der Waals surface area contributed by atoms with Crippen molar-refractivity contribution in [3.63, 3.8) is 0 Å². The van der Waals surface area contributed by atoms with Crippen LogP contribution in [0.3, 0.4) is 0 Å². The Morgan fingerprint density at radius 3 is 2.78 bits per heavy atom. The molecule has 4 aliphatic rings. The van der Waals surface area contributed by atoms with E-state index >= 15 is 0 Å². The average Bonchev–Trinajstić information content (AvgIpc) is 3.27. The van der Waals surface area contributed by atoms with Crippen molar-refractivity contribution in [2.24, 2.45) is 28.6 Å². The van der Waals surface area contributed by atoms with E-state index in [1.807, 2.05) is 29.4 Å². The molecule has 2 heterocycles. The Kier molecular flexibility index (Phi) is 4.02. The molecule has 1 amide bonds. The maximum absolute atomic E-state index is 12.2. The molecule has 5 rings (SSSR count). The van der Waals surface area contributed by atoms with Crippen LogP contribution in [0.1, 0.15) is 52.4 Å². The first-order valence-corrected chi connectivity index (χ1v) is 11.6. The van der Waals surface area contributed by atoms with E-state index in [0.29, 0.717) is 17.5 Å². The Bertz CT molecular complexity index is 758. The minimum atomic E-state index is 0.159. The van der Waals surface area contributed by atoms with Gasteiger partial charge >= 0.3 is 0 Å². The van der Waals surface area contributed by atoms with Crippen LogP contribution in [0.15, 0.2) is 29.7 Å². The number of hydrogen-bond acceptors (Lipinski definition) is 3. The Balaban J connectivity index is 1.42. The van der Waals surface area contributed by atoms with Crippen molar-refractivity contribution >= 4 is 22.2 Å². The molecule has 4 heteroatoms. The zero-order valence-corrected chi connectivity index (χ0v) is 17.6. The molecule has 0 spiro atoms. The maximum Gasteiger partial charge on any atom is 0.246 e. The number of hydrogen-bond donors (Lipinski definition) is 1. The van der Waals surface area contributed by atoms with E-state index in [0.717, 1.165) is 17.8 Å². The molecule has 0 aromatic carbocycles. The molecule has 0 saturated heterocycles. The van der Waals surface area contributed by atoms with Crippen LogP contribution in [0.2, 0.25) is 0 Å². The summed E-state index contributed by atoms with van der Waals surface area (Å²) in [6, 6.07) is 5.37. The van der Waals surface area contributed by atoms with E-state index in [4.69, 9.17) is 0 Å². The van der Waals surface area contributed by atoms with E-state index in [2.05, 4.69) is 42.8 Å².